The number of amides is 1. The number of hydrogen-bond acceptors (Lipinski definition) is 5. The molecule has 1 amide bonds. The van der Waals surface area contributed by atoms with Gasteiger partial charge in [0.25, 0.3) is 0 Å². The van der Waals surface area contributed by atoms with Gasteiger partial charge in [-0.05, 0) is 45.9 Å². The van der Waals surface area contributed by atoms with E-state index in [9.17, 15) is 4.79 Å². The maximum atomic E-state index is 12.3. The summed E-state index contributed by atoms with van der Waals surface area (Å²) in [5.74, 6) is 0. The number of nitrogens with two attached hydrogens (primary N) is 1. The molecule has 1 aromatic carbocycles. The Labute approximate surface area is 144 Å². The summed E-state index contributed by atoms with van der Waals surface area (Å²) in [6.07, 6.45) is -0.246. The molecular weight excluding hydrogens is 306 g/mol. The Morgan fingerprint density at radius 3 is 2.62 bits per heavy atom. The molecule has 0 saturated carbocycles. The largest absolute Gasteiger partial charge is 0.444 e. The van der Waals surface area contributed by atoms with Crippen LogP contribution in [0.5, 0.6) is 0 Å². The molecule has 1 atom stereocenters. The lowest BCUT2D eigenvalue weighted by atomic mass is 10.1. The number of carbonyl (C=O) groups excluding carboxylic acids is 1. The van der Waals surface area contributed by atoms with Crippen molar-refractivity contribution < 1.29 is 14.3 Å². The molecule has 1 heterocycles. The first kappa shape index (κ1) is 18.4. The van der Waals surface area contributed by atoms with Gasteiger partial charge >= 0.3 is 6.09 Å². The highest BCUT2D eigenvalue weighted by Crippen LogP contribution is 2.27. The minimum atomic E-state index is -0.476. The van der Waals surface area contributed by atoms with E-state index >= 15 is 0 Å². The molecular formula is C18H29N3O3. The molecule has 24 heavy (non-hydrogen) atoms. The van der Waals surface area contributed by atoms with Gasteiger partial charge in [-0.2, -0.15) is 0 Å². The van der Waals surface area contributed by atoms with Crippen molar-refractivity contribution in [1.82, 2.24) is 4.90 Å². The van der Waals surface area contributed by atoms with E-state index in [2.05, 4.69) is 4.90 Å². The van der Waals surface area contributed by atoms with Gasteiger partial charge in [-0.3, -0.25) is 0 Å². The van der Waals surface area contributed by atoms with Crippen LogP contribution in [0.2, 0.25) is 0 Å². The van der Waals surface area contributed by atoms with E-state index in [0.29, 0.717) is 13.2 Å². The van der Waals surface area contributed by atoms with Crippen LogP contribution in [0.3, 0.4) is 0 Å². The summed E-state index contributed by atoms with van der Waals surface area (Å²) in [5.41, 5.74) is 8.32. The summed E-state index contributed by atoms with van der Waals surface area (Å²) in [6.45, 7) is 10.4. The van der Waals surface area contributed by atoms with Crippen LogP contribution in [-0.2, 0) is 16.1 Å². The molecule has 0 radical (unpaired) electrons. The van der Waals surface area contributed by atoms with Crippen LogP contribution in [0.1, 0.15) is 33.3 Å². The Bertz CT molecular complexity index is 583. The number of hydrogen-bond donors (Lipinski definition) is 1. The number of anilines is 2. The number of piperazine rings is 1. The van der Waals surface area contributed by atoms with Crippen molar-refractivity contribution in [3.05, 3.63) is 23.8 Å². The minimum absolute atomic E-state index is 0.0709. The number of ether oxygens (including phenoxy) is 2. The molecule has 134 valence electrons. The SMILES string of the molecule is COCc1cc(N)ccc1N1CCN(C(=O)OC(C)(C)C)C(C)C1. The molecule has 1 fully saturated rings. The fraction of sp³-hybridized carbons (Fsp3) is 0.611. The van der Waals surface area contributed by atoms with Gasteiger partial charge < -0.3 is 25.0 Å². The maximum Gasteiger partial charge on any atom is 0.410 e. The smallest absolute Gasteiger partial charge is 0.410 e. The van der Waals surface area contributed by atoms with Crippen LogP contribution in [-0.4, -0.2) is 49.4 Å². The average molecular weight is 335 g/mol. The zero-order chi connectivity index (χ0) is 17.9. The summed E-state index contributed by atoms with van der Waals surface area (Å²) >= 11 is 0. The van der Waals surface area contributed by atoms with Crippen LogP contribution in [0.25, 0.3) is 0 Å². The molecule has 1 unspecified atom stereocenters. The first-order valence-corrected chi connectivity index (χ1v) is 8.33. The molecule has 0 spiro atoms. The van der Waals surface area contributed by atoms with Crippen LogP contribution in [0.4, 0.5) is 16.2 Å². The quantitative estimate of drug-likeness (QED) is 0.860. The second-order valence-electron chi connectivity index (χ2n) is 7.29. The van der Waals surface area contributed by atoms with Crippen molar-refractivity contribution in [3.8, 4) is 0 Å². The summed E-state index contributed by atoms with van der Waals surface area (Å²) in [6, 6.07) is 5.95. The lowest BCUT2D eigenvalue weighted by Crippen LogP contribution is -2.55. The summed E-state index contributed by atoms with van der Waals surface area (Å²) in [4.78, 5) is 16.4. The van der Waals surface area contributed by atoms with E-state index in [1.165, 1.54) is 0 Å². The van der Waals surface area contributed by atoms with Crippen molar-refractivity contribution in [2.75, 3.05) is 37.4 Å². The third-order valence-electron chi connectivity index (χ3n) is 4.00. The van der Waals surface area contributed by atoms with Gasteiger partial charge in [0.05, 0.1) is 6.61 Å². The standard InChI is InChI=1S/C18H29N3O3/c1-13-11-20(8-9-21(13)17(22)24-18(2,3)4)16-7-6-15(19)10-14(16)12-23-5/h6-7,10,13H,8-9,11-12,19H2,1-5H3. The Morgan fingerprint density at radius 1 is 1.33 bits per heavy atom. The molecule has 2 N–H and O–H groups in total. The topological polar surface area (TPSA) is 68.0 Å². The van der Waals surface area contributed by atoms with E-state index in [1.54, 1.807) is 12.0 Å². The van der Waals surface area contributed by atoms with Gasteiger partial charge in [0.1, 0.15) is 5.60 Å². The Kier molecular flexibility index (Phi) is 5.59. The minimum Gasteiger partial charge on any atom is -0.444 e. The number of nitrogens with zero attached hydrogens (tertiary/aromatic N) is 2. The molecule has 1 aliphatic rings. The molecule has 0 bridgehead atoms. The number of rotatable bonds is 3. The lowest BCUT2D eigenvalue weighted by molar-refractivity contribution is 0.0159. The lowest BCUT2D eigenvalue weighted by Gasteiger charge is -2.41. The predicted octanol–water partition coefficient (Wildman–Crippen LogP) is 2.86. The number of methoxy groups -OCH3 is 1. The van der Waals surface area contributed by atoms with E-state index in [1.807, 2.05) is 45.9 Å². The molecule has 1 saturated heterocycles. The van der Waals surface area contributed by atoms with Gasteiger partial charge in [0.15, 0.2) is 0 Å². The van der Waals surface area contributed by atoms with Crippen LogP contribution >= 0.6 is 0 Å². The van der Waals surface area contributed by atoms with Crippen LogP contribution in [0, 0.1) is 0 Å². The molecule has 6 nitrogen and oxygen atoms in total. The van der Waals surface area contributed by atoms with Crippen molar-refractivity contribution in [1.29, 1.82) is 0 Å². The first-order chi connectivity index (χ1) is 11.2. The number of benzene rings is 1. The van der Waals surface area contributed by atoms with E-state index in [4.69, 9.17) is 15.2 Å². The van der Waals surface area contributed by atoms with Crippen molar-refractivity contribution in [3.63, 3.8) is 0 Å². The average Bonchev–Trinajstić information content (AvgIpc) is 2.45. The van der Waals surface area contributed by atoms with E-state index < -0.39 is 5.60 Å². The van der Waals surface area contributed by atoms with Crippen LogP contribution < -0.4 is 10.6 Å². The molecule has 6 heteroatoms. The molecule has 1 aromatic rings. The molecule has 2 rings (SSSR count). The summed E-state index contributed by atoms with van der Waals surface area (Å²) in [7, 11) is 1.68. The zero-order valence-corrected chi connectivity index (χ0v) is 15.3. The second-order valence-corrected chi connectivity index (χ2v) is 7.29. The molecule has 0 aliphatic carbocycles. The third kappa shape index (κ3) is 4.54. The molecule has 1 aliphatic heterocycles. The fourth-order valence-electron chi connectivity index (χ4n) is 2.95. The van der Waals surface area contributed by atoms with Crippen molar-refractivity contribution in [2.45, 2.75) is 45.9 Å². The van der Waals surface area contributed by atoms with Crippen molar-refractivity contribution >= 4 is 17.5 Å². The Balaban J connectivity index is 2.09. The van der Waals surface area contributed by atoms with Gasteiger partial charge in [0, 0.05) is 49.7 Å². The van der Waals surface area contributed by atoms with Crippen LogP contribution in [0.15, 0.2) is 18.2 Å². The highest BCUT2D eigenvalue weighted by Gasteiger charge is 2.31. The van der Waals surface area contributed by atoms with Crippen molar-refractivity contribution in [2.24, 2.45) is 0 Å². The number of carbonyl (C=O) groups is 1. The summed E-state index contributed by atoms with van der Waals surface area (Å²) in [5, 5.41) is 0. The second kappa shape index (κ2) is 7.30. The highest BCUT2D eigenvalue weighted by molar-refractivity contribution is 5.69. The van der Waals surface area contributed by atoms with Gasteiger partial charge in [0.2, 0.25) is 0 Å². The monoisotopic (exact) mass is 335 g/mol. The Hall–Kier alpha value is -1.95. The zero-order valence-electron chi connectivity index (χ0n) is 15.3. The first-order valence-electron chi connectivity index (χ1n) is 8.33. The van der Waals surface area contributed by atoms with Gasteiger partial charge in [-0.15, -0.1) is 0 Å². The summed E-state index contributed by atoms with van der Waals surface area (Å²) < 4.78 is 10.8. The Morgan fingerprint density at radius 2 is 2.04 bits per heavy atom. The maximum absolute atomic E-state index is 12.3. The van der Waals surface area contributed by atoms with E-state index in [0.717, 1.165) is 30.0 Å². The number of nitrogen functional groups attached to an aromatic ring is 1. The van der Waals surface area contributed by atoms with Gasteiger partial charge in [-0.25, -0.2) is 4.79 Å². The molecule has 0 aromatic heterocycles. The fourth-order valence-corrected chi connectivity index (χ4v) is 2.95. The predicted molar refractivity (Wildman–Crippen MR) is 96.2 cm³/mol. The van der Waals surface area contributed by atoms with Gasteiger partial charge in [-0.1, -0.05) is 0 Å². The normalized spacial score (nSPS) is 18.6. The highest BCUT2D eigenvalue weighted by atomic mass is 16.6. The third-order valence-corrected chi connectivity index (χ3v) is 4.00. The van der Waals surface area contributed by atoms with E-state index in [-0.39, 0.29) is 12.1 Å².